The van der Waals surface area contributed by atoms with Crippen LogP contribution in [-0.4, -0.2) is 41.7 Å². The molecule has 0 aromatic carbocycles. The van der Waals surface area contributed by atoms with Gasteiger partial charge in [-0.25, -0.2) is 4.79 Å². The van der Waals surface area contributed by atoms with Crippen molar-refractivity contribution in [3.63, 3.8) is 0 Å². The van der Waals surface area contributed by atoms with Gasteiger partial charge in [-0.15, -0.1) is 0 Å². The van der Waals surface area contributed by atoms with E-state index in [0.29, 0.717) is 17.3 Å². The zero-order valence-corrected chi connectivity index (χ0v) is 9.91. The zero-order chi connectivity index (χ0) is 12.1. The first-order valence-electron chi connectivity index (χ1n) is 4.67. The van der Waals surface area contributed by atoms with E-state index in [1.165, 1.54) is 22.7 Å². The number of carboxylic acids is 1. The van der Waals surface area contributed by atoms with Gasteiger partial charge >= 0.3 is 5.97 Å². The highest BCUT2D eigenvalue weighted by atomic mass is 32.2. The first-order valence-corrected chi connectivity index (χ1v) is 5.65. The Kier molecular flexibility index (Phi) is 4.42. The lowest BCUT2D eigenvalue weighted by Crippen LogP contribution is -2.21. The van der Waals surface area contributed by atoms with Gasteiger partial charge in [0.15, 0.2) is 5.09 Å². The van der Waals surface area contributed by atoms with Gasteiger partial charge in [0.05, 0.1) is 0 Å². The Morgan fingerprint density at radius 3 is 2.62 bits per heavy atom. The minimum absolute atomic E-state index is 0.0394. The highest BCUT2D eigenvalue weighted by Crippen LogP contribution is 2.21. The first kappa shape index (κ1) is 12.6. The van der Waals surface area contributed by atoms with Gasteiger partial charge < -0.3 is 14.4 Å². The van der Waals surface area contributed by atoms with Crippen LogP contribution in [0.2, 0.25) is 0 Å². The summed E-state index contributed by atoms with van der Waals surface area (Å²) in [5, 5.41) is 9.14. The number of hydrogen-bond donors (Lipinski definition) is 1. The fourth-order valence-electron chi connectivity index (χ4n) is 0.975. The molecule has 0 bridgehead atoms. The second-order valence-corrected chi connectivity index (χ2v) is 4.41. The lowest BCUT2D eigenvalue weighted by Gasteiger charge is -2.08. The maximum absolute atomic E-state index is 11.2. The van der Waals surface area contributed by atoms with Crippen LogP contribution in [-0.2, 0) is 4.79 Å². The van der Waals surface area contributed by atoms with Crippen molar-refractivity contribution < 1.29 is 19.1 Å². The molecule has 88 valence electrons. The summed E-state index contributed by atoms with van der Waals surface area (Å²) in [4.78, 5) is 23.3. The molecule has 0 aliphatic rings. The van der Waals surface area contributed by atoms with Crippen LogP contribution in [0, 0.1) is 0 Å². The Bertz CT molecular complexity index is 386. The molecule has 0 aliphatic heterocycles. The molecule has 6 heteroatoms. The van der Waals surface area contributed by atoms with Crippen LogP contribution >= 0.6 is 11.8 Å². The van der Waals surface area contributed by atoms with Crippen LogP contribution in [0.15, 0.2) is 21.6 Å². The fraction of sp³-hybridized carbons (Fsp3) is 0.400. The molecule has 1 amide bonds. The summed E-state index contributed by atoms with van der Waals surface area (Å²) in [5.74, 6) is -0.556. The predicted molar refractivity (Wildman–Crippen MR) is 59.7 cm³/mol. The Balaban J connectivity index is 2.37. The van der Waals surface area contributed by atoms with Crippen molar-refractivity contribution in [2.75, 3.05) is 19.8 Å². The Labute approximate surface area is 97.4 Å². The van der Waals surface area contributed by atoms with E-state index in [4.69, 9.17) is 9.52 Å². The number of thioether (sulfide) groups is 1. The topological polar surface area (TPSA) is 70.8 Å². The molecule has 0 unspecified atom stereocenters. The number of furan rings is 1. The number of rotatable bonds is 5. The summed E-state index contributed by atoms with van der Waals surface area (Å²) in [6.45, 7) is 0. The van der Waals surface area contributed by atoms with Crippen molar-refractivity contribution in [1.29, 1.82) is 0 Å². The van der Waals surface area contributed by atoms with Gasteiger partial charge in [-0.1, -0.05) is 11.8 Å². The number of carboxylic acid groups (broad SMARTS) is 1. The van der Waals surface area contributed by atoms with Gasteiger partial charge in [0.2, 0.25) is 11.7 Å². The van der Waals surface area contributed by atoms with Crippen LogP contribution in [0.3, 0.4) is 0 Å². The van der Waals surface area contributed by atoms with E-state index in [1.807, 2.05) is 0 Å². The average molecular weight is 243 g/mol. The molecular formula is C10H13NO4S. The van der Waals surface area contributed by atoms with Crippen molar-refractivity contribution in [1.82, 2.24) is 4.90 Å². The van der Waals surface area contributed by atoms with Gasteiger partial charge in [0, 0.05) is 26.3 Å². The number of aromatic carboxylic acids is 1. The maximum atomic E-state index is 11.2. The second-order valence-electron chi connectivity index (χ2n) is 3.31. The van der Waals surface area contributed by atoms with E-state index in [0.717, 1.165) is 0 Å². The van der Waals surface area contributed by atoms with Gasteiger partial charge in [-0.2, -0.15) is 0 Å². The van der Waals surface area contributed by atoms with Crippen molar-refractivity contribution >= 4 is 23.6 Å². The van der Waals surface area contributed by atoms with Crippen molar-refractivity contribution in [2.45, 2.75) is 11.5 Å². The third kappa shape index (κ3) is 3.62. The summed E-state index contributed by atoms with van der Waals surface area (Å²) in [6, 6.07) is 2.99. The molecule has 1 aromatic heterocycles. The lowest BCUT2D eigenvalue weighted by molar-refractivity contribution is -0.128. The Morgan fingerprint density at radius 2 is 2.12 bits per heavy atom. The smallest absolute Gasteiger partial charge is 0.371 e. The number of carbonyl (C=O) groups excluding carboxylic acids is 1. The molecule has 0 spiro atoms. The van der Waals surface area contributed by atoms with Crippen LogP contribution in [0.1, 0.15) is 17.0 Å². The molecule has 0 radical (unpaired) electrons. The van der Waals surface area contributed by atoms with Crippen LogP contribution < -0.4 is 0 Å². The number of nitrogens with zero attached hydrogens (tertiary/aromatic N) is 1. The summed E-state index contributed by atoms with van der Waals surface area (Å²) in [7, 11) is 3.39. The Hall–Kier alpha value is -1.43. The minimum Gasteiger partial charge on any atom is -0.475 e. The number of carbonyl (C=O) groups is 2. The third-order valence-corrected chi connectivity index (χ3v) is 2.76. The molecule has 0 saturated heterocycles. The molecule has 1 rings (SSSR count). The van der Waals surface area contributed by atoms with Crippen molar-refractivity contribution in [3.8, 4) is 0 Å². The van der Waals surface area contributed by atoms with E-state index in [-0.39, 0.29) is 11.7 Å². The van der Waals surface area contributed by atoms with E-state index in [9.17, 15) is 9.59 Å². The summed E-state index contributed by atoms with van der Waals surface area (Å²) in [5.41, 5.74) is 0. The van der Waals surface area contributed by atoms with Gasteiger partial charge in [0.1, 0.15) is 0 Å². The van der Waals surface area contributed by atoms with Gasteiger partial charge in [0.25, 0.3) is 0 Å². The molecule has 1 heterocycles. The van der Waals surface area contributed by atoms with Crippen molar-refractivity contribution in [2.24, 2.45) is 0 Å². The molecular weight excluding hydrogens is 230 g/mol. The number of amides is 1. The predicted octanol–water partition coefficient (Wildman–Crippen LogP) is 1.55. The van der Waals surface area contributed by atoms with E-state index in [2.05, 4.69) is 0 Å². The molecule has 5 nitrogen and oxygen atoms in total. The lowest BCUT2D eigenvalue weighted by atomic mass is 10.4. The summed E-state index contributed by atoms with van der Waals surface area (Å²) >= 11 is 1.33. The zero-order valence-electron chi connectivity index (χ0n) is 9.10. The standard InChI is InChI=1S/C10H13NO4S/c1-11(2)8(12)5-6-16-9-4-3-7(15-9)10(13)14/h3-4H,5-6H2,1-2H3,(H,13,14). The molecule has 0 atom stereocenters. The van der Waals surface area contributed by atoms with Gasteiger partial charge in [-0.05, 0) is 12.1 Å². The second kappa shape index (κ2) is 5.60. The summed E-state index contributed by atoms with van der Waals surface area (Å²) < 4.78 is 5.03. The largest absolute Gasteiger partial charge is 0.475 e. The molecule has 1 aromatic rings. The Morgan fingerprint density at radius 1 is 1.44 bits per heavy atom. The van der Waals surface area contributed by atoms with Gasteiger partial charge in [-0.3, -0.25) is 4.79 Å². The fourth-order valence-corrected chi connectivity index (χ4v) is 1.77. The molecule has 1 N–H and O–H groups in total. The molecule has 0 saturated carbocycles. The monoisotopic (exact) mass is 243 g/mol. The molecule has 0 aliphatic carbocycles. The average Bonchev–Trinajstić information content (AvgIpc) is 2.66. The highest BCUT2D eigenvalue weighted by molar-refractivity contribution is 7.99. The van der Waals surface area contributed by atoms with E-state index >= 15 is 0 Å². The maximum Gasteiger partial charge on any atom is 0.371 e. The van der Waals surface area contributed by atoms with Crippen molar-refractivity contribution in [3.05, 3.63) is 17.9 Å². The van der Waals surface area contributed by atoms with E-state index in [1.54, 1.807) is 20.2 Å². The molecule has 0 fully saturated rings. The van der Waals surface area contributed by atoms with Crippen LogP contribution in [0.25, 0.3) is 0 Å². The minimum atomic E-state index is -1.09. The first-order chi connectivity index (χ1) is 7.50. The van der Waals surface area contributed by atoms with Crippen LogP contribution in [0.5, 0.6) is 0 Å². The third-order valence-electron chi connectivity index (χ3n) is 1.85. The SMILES string of the molecule is CN(C)C(=O)CCSc1ccc(C(=O)O)o1. The van der Waals surface area contributed by atoms with Crippen LogP contribution in [0.4, 0.5) is 0 Å². The quantitative estimate of drug-likeness (QED) is 0.794. The normalized spacial score (nSPS) is 10.1. The highest BCUT2D eigenvalue weighted by Gasteiger charge is 2.10. The summed E-state index contributed by atoms with van der Waals surface area (Å²) in [6.07, 6.45) is 0.404. The number of hydrogen-bond acceptors (Lipinski definition) is 4. The molecule has 16 heavy (non-hydrogen) atoms. The van der Waals surface area contributed by atoms with E-state index < -0.39 is 5.97 Å².